The van der Waals surface area contributed by atoms with Gasteiger partial charge in [-0.15, -0.1) is 0 Å². The Balaban J connectivity index is -0.0000000910. The van der Waals surface area contributed by atoms with E-state index < -0.39 is 6.16 Å². The third-order valence-corrected chi connectivity index (χ3v) is 0. The van der Waals surface area contributed by atoms with Gasteiger partial charge in [-0.05, 0) is 0 Å². The number of hydrogen-bond donors (Lipinski definition) is 2. The summed E-state index contributed by atoms with van der Waals surface area (Å²) in [7, 11) is 5.71. The zero-order valence-corrected chi connectivity index (χ0v) is 6.29. The van der Waals surface area contributed by atoms with Crippen molar-refractivity contribution in [3.05, 3.63) is 0 Å². The smallest absolute Gasteiger partial charge is 0.249 e. The van der Waals surface area contributed by atoms with Crippen molar-refractivity contribution in [2.24, 2.45) is 5.84 Å². The predicted molar refractivity (Wildman–Crippen MR) is 33.9 cm³/mol. The molecule has 5 N–H and O–H groups in total. The average Bonchev–Trinajstić information content (AvgIpc) is 1.19. The number of nitrogens with zero attached hydrogens (tertiary/aromatic N) is 1. The summed E-state index contributed by atoms with van der Waals surface area (Å²) in [4.78, 5) is 8.44. The molecule has 0 rings (SSSR count). The fraction of sp³-hybridized carbons (Fsp3) is 0.750. The molecule has 0 saturated heterocycles. The third kappa shape index (κ3) is 374. The van der Waals surface area contributed by atoms with Crippen LogP contribution in [-0.2, 0) is 0 Å². The minimum absolute atomic E-state index is 0. The van der Waals surface area contributed by atoms with Gasteiger partial charge in [-0.25, -0.2) is 0 Å². The summed E-state index contributed by atoms with van der Waals surface area (Å²) in [6.45, 7) is 0. The molecule has 6 heteroatoms. The lowest BCUT2D eigenvalue weighted by molar-refractivity contribution is -0.882. The standard InChI is InChI=1S/C3H11N2.CH2O3.H2O/c1-5(2,3)4;2-1(3)4;/h4H2,1-3H3;(H2,2,3,4);1H2/q+1;;/p-1. The molecule has 0 aromatic rings. The molecule has 0 spiro atoms. The molecule has 0 aliphatic rings. The highest BCUT2D eigenvalue weighted by Crippen LogP contribution is 1.65. The summed E-state index contributed by atoms with van der Waals surface area (Å²) < 4.78 is 0.500. The fourth-order valence-corrected chi connectivity index (χ4v) is 0. The van der Waals surface area contributed by atoms with Crippen molar-refractivity contribution < 1.29 is 25.1 Å². The third-order valence-electron chi connectivity index (χ3n) is 0. The van der Waals surface area contributed by atoms with Crippen LogP contribution in [0.3, 0.4) is 0 Å². The van der Waals surface area contributed by atoms with Crippen molar-refractivity contribution in [1.29, 1.82) is 0 Å². The topological polar surface area (TPSA) is 118 Å². The van der Waals surface area contributed by atoms with Crippen molar-refractivity contribution in [3.63, 3.8) is 0 Å². The maximum atomic E-state index is 8.44. The first-order chi connectivity index (χ1) is 3.73. The van der Waals surface area contributed by atoms with Crippen LogP contribution in [0.1, 0.15) is 0 Å². The van der Waals surface area contributed by atoms with E-state index in [1.807, 2.05) is 21.1 Å². The van der Waals surface area contributed by atoms with E-state index >= 15 is 0 Å². The predicted octanol–water partition coefficient (Wildman–Crippen LogP) is -2.37. The molecule has 0 bridgehead atoms. The van der Waals surface area contributed by atoms with E-state index in [2.05, 4.69) is 0 Å². The first kappa shape index (κ1) is 16.1. The number of nitrogens with two attached hydrogens (primary N) is 1. The van der Waals surface area contributed by atoms with Gasteiger partial charge in [-0.1, -0.05) is 0 Å². The summed E-state index contributed by atoms with van der Waals surface area (Å²) in [5.74, 6) is 5.29. The molecule has 0 saturated carbocycles. The highest BCUT2D eigenvalue weighted by Gasteiger charge is 1.89. The Bertz CT molecular complexity index is 77.7. The van der Waals surface area contributed by atoms with Gasteiger partial charge in [0.25, 0.3) is 0 Å². The van der Waals surface area contributed by atoms with E-state index in [-0.39, 0.29) is 5.48 Å². The molecule has 0 radical (unpaired) electrons. The minimum atomic E-state index is -2.08. The second-order valence-corrected chi connectivity index (χ2v) is 2.38. The van der Waals surface area contributed by atoms with E-state index in [0.29, 0.717) is 4.59 Å². The van der Waals surface area contributed by atoms with E-state index in [4.69, 9.17) is 20.9 Å². The minimum Gasteiger partial charge on any atom is -0.565 e. The van der Waals surface area contributed by atoms with Gasteiger partial charge in [0.1, 0.15) is 0 Å². The van der Waals surface area contributed by atoms with Crippen molar-refractivity contribution in [2.45, 2.75) is 0 Å². The molecule has 10 heavy (non-hydrogen) atoms. The first-order valence-corrected chi connectivity index (χ1v) is 2.23. The Hall–Kier alpha value is -0.850. The molecule has 0 unspecified atom stereocenters. The lowest BCUT2D eigenvalue weighted by Crippen LogP contribution is -2.41. The Morgan fingerprint density at radius 3 is 1.50 bits per heavy atom. The Kier molecular flexibility index (Phi) is 10.1. The van der Waals surface area contributed by atoms with Crippen LogP contribution in [0.2, 0.25) is 0 Å². The Morgan fingerprint density at radius 2 is 1.50 bits per heavy atom. The molecule has 0 amide bonds. The summed E-state index contributed by atoms with van der Waals surface area (Å²) >= 11 is 0. The van der Waals surface area contributed by atoms with Gasteiger partial charge in [0.05, 0.1) is 21.1 Å². The number of carboxylic acid groups (broad SMARTS) is 2. The van der Waals surface area contributed by atoms with E-state index in [9.17, 15) is 0 Å². The fourth-order valence-electron chi connectivity index (χ4n) is 0. The highest BCUT2D eigenvalue weighted by molar-refractivity contribution is 5.50. The van der Waals surface area contributed by atoms with Crippen LogP contribution in [0, 0.1) is 0 Å². The zero-order valence-electron chi connectivity index (χ0n) is 6.29. The van der Waals surface area contributed by atoms with Crippen LogP contribution < -0.4 is 10.9 Å². The molecule has 0 fully saturated rings. The van der Waals surface area contributed by atoms with Crippen LogP contribution in [-0.4, -0.2) is 42.5 Å². The summed E-state index contributed by atoms with van der Waals surface area (Å²) in [6.07, 6.45) is -2.08. The lowest BCUT2D eigenvalue weighted by atomic mass is 10.9. The van der Waals surface area contributed by atoms with Gasteiger partial charge in [0, 0.05) is 0 Å². The van der Waals surface area contributed by atoms with Gasteiger partial charge in [0.15, 0.2) is 0 Å². The number of quaternary nitrogens is 1. The second-order valence-electron chi connectivity index (χ2n) is 2.38. The molecule has 0 aromatic carbocycles. The van der Waals surface area contributed by atoms with Crippen LogP contribution in [0.25, 0.3) is 0 Å². The van der Waals surface area contributed by atoms with Gasteiger partial charge < -0.3 is 20.5 Å². The van der Waals surface area contributed by atoms with Crippen molar-refractivity contribution >= 4 is 6.16 Å². The van der Waals surface area contributed by atoms with Crippen LogP contribution in [0.15, 0.2) is 0 Å². The molecular weight excluding hydrogens is 140 g/mol. The molecular formula is C4H14N2O4. The van der Waals surface area contributed by atoms with Gasteiger partial charge in [-0.2, -0.15) is 5.84 Å². The maximum Gasteiger partial charge on any atom is 0.249 e. The van der Waals surface area contributed by atoms with Crippen LogP contribution in [0.4, 0.5) is 4.79 Å². The zero-order chi connectivity index (χ0) is 8.08. The van der Waals surface area contributed by atoms with Gasteiger partial charge in [-0.3, -0.25) is 4.59 Å². The van der Waals surface area contributed by atoms with Gasteiger partial charge >= 0.3 is 0 Å². The normalized spacial score (nSPS) is 8.40. The maximum absolute atomic E-state index is 8.44. The van der Waals surface area contributed by atoms with E-state index in [1.54, 1.807) is 0 Å². The number of rotatable bonds is 0. The average molecular weight is 154 g/mol. The Labute approximate surface area is 59.4 Å². The second kappa shape index (κ2) is 6.27. The van der Waals surface area contributed by atoms with Crippen LogP contribution in [0.5, 0.6) is 0 Å². The van der Waals surface area contributed by atoms with E-state index in [1.165, 1.54) is 0 Å². The van der Waals surface area contributed by atoms with Crippen molar-refractivity contribution in [1.82, 2.24) is 0 Å². The Morgan fingerprint density at radius 1 is 1.50 bits per heavy atom. The molecule has 6 nitrogen and oxygen atoms in total. The molecule has 0 aliphatic heterocycles. The lowest BCUT2D eigenvalue weighted by Gasteiger charge is -2.12. The number of hydrogen-bond acceptors (Lipinski definition) is 3. The first-order valence-electron chi connectivity index (χ1n) is 2.23. The summed E-state index contributed by atoms with van der Waals surface area (Å²) in [5, 5.41) is 15.3. The molecule has 0 atom stereocenters. The monoisotopic (exact) mass is 154 g/mol. The van der Waals surface area contributed by atoms with Gasteiger partial charge in [0.2, 0.25) is 6.16 Å². The molecule has 0 aliphatic carbocycles. The molecule has 0 heterocycles. The molecule has 64 valence electrons. The quantitative estimate of drug-likeness (QED) is 0.230. The van der Waals surface area contributed by atoms with Crippen LogP contribution >= 0.6 is 0 Å². The van der Waals surface area contributed by atoms with Crippen molar-refractivity contribution in [2.75, 3.05) is 21.1 Å². The SMILES string of the molecule is C[N+](C)(C)N.O.O=C([O-])O. The summed E-state index contributed by atoms with van der Waals surface area (Å²) in [5.41, 5.74) is 0. The van der Waals surface area contributed by atoms with E-state index in [0.717, 1.165) is 0 Å². The van der Waals surface area contributed by atoms with Crippen molar-refractivity contribution in [3.8, 4) is 0 Å². The highest BCUT2D eigenvalue weighted by atomic mass is 16.6. The summed E-state index contributed by atoms with van der Waals surface area (Å²) in [6, 6.07) is 0. The largest absolute Gasteiger partial charge is 0.565 e. The number of carbonyl (C=O) groups is 1. The molecule has 0 aromatic heterocycles.